The topological polar surface area (TPSA) is 57.5 Å². The van der Waals surface area contributed by atoms with Gasteiger partial charge in [-0.1, -0.05) is 71.0 Å². The van der Waals surface area contributed by atoms with Crippen molar-refractivity contribution in [2.75, 3.05) is 0 Å². The fraction of sp³-hybridized carbons (Fsp3) is 0.500. The molecular formula is C22H30O3. The van der Waals surface area contributed by atoms with Crippen LogP contribution in [0.15, 0.2) is 47.6 Å². The molecule has 0 radical (unpaired) electrons. The molecule has 0 bridgehead atoms. The van der Waals surface area contributed by atoms with Crippen LogP contribution in [0.1, 0.15) is 65.0 Å². The number of hydrogen-bond acceptors (Lipinski definition) is 2. The molecule has 0 fully saturated rings. The monoisotopic (exact) mass is 342 g/mol. The molecule has 1 aromatic carbocycles. The molecule has 3 heteroatoms. The second-order valence-corrected chi connectivity index (χ2v) is 7.98. The molecule has 0 aromatic heterocycles. The van der Waals surface area contributed by atoms with Crippen molar-refractivity contribution < 1.29 is 15.0 Å². The van der Waals surface area contributed by atoms with Crippen molar-refractivity contribution in [3.8, 4) is 0 Å². The van der Waals surface area contributed by atoms with Gasteiger partial charge in [-0.25, -0.2) is 0 Å². The summed E-state index contributed by atoms with van der Waals surface area (Å²) in [6.07, 6.45) is 4.23. The molecule has 25 heavy (non-hydrogen) atoms. The highest BCUT2D eigenvalue weighted by molar-refractivity contribution is 5.76. The van der Waals surface area contributed by atoms with Crippen LogP contribution in [0.5, 0.6) is 0 Å². The van der Waals surface area contributed by atoms with Crippen LogP contribution in [-0.4, -0.2) is 16.2 Å². The highest BCUT2D eigenvalue weighted by Gasteiger charge is 2.46. The van der Waals surface area contributed by atoms with Gasteiger partial charge in [0.1, 0.15) is 5.60 Å². The minimum atomic E-state index is -1.27. The lowest BCUT2D eigenvalue weighted by atomic mass is 9.63. The molecule has 0 aliphatic heterocycles. The number of aliphatic carboxylic acids is 1. The van der Waals surface area contributed by atoms with E-state index >= 15 is 0 Å². The Bertz CT molecular complexity index is 725. The van der Waals surface area contributed by atoms with Crippen LogP contribution in [0, 0.1) is 11.3 Å². The van der Waals surface area contributed by atoms with Crippen molar-refractivity contribution in [2.45, 2.75) is 59.5 Å². The fourth-order valence-electron chi connectivity index (χ4n) is 3.69. The minimum absolute atomic E-state index is 0.260. The number of rotatable bonds is 5. The first-order chi connectivity index (χ1) is 11.6. The summed E-state index contributed by atoms with van der Waals surface area (Å²) in [7, 11) is 0. The maximum atomic E-state index is 11.9. The fourth-order valence-corrected chi connectivity index (χ4v) is 3.69. The second-order valence-electron chi connectivity index (χ2n) is 7.98. The molecule has 1 aliphatic carbocycles. The average molecular weight is 342 g/mol. The van der Waals surface area contributed by atoms with Crippen LogP contribution in [-0.2, 0) is 10.4 Å². The van der Waals surface area contributed by atoms with Crippen LogP contribution in [0.25, 0.3) is 0 Å². The van der Waals surface area contributed by atoms with E-state index in [2.05, 4.69) is 34.6 Å². The normalized spacial score (nSPS) is 24.1. The van der Waals surface area contributed by atoms with E-state index < -0.39 is 17.5 Å². The molecule has 1 aliphatic rings. The van der Waals surface area contributed by atoms with Crippen molar-refractivity contribution in [3.05, 3.63) is 58.7 Å². The van der Waals surface area contributed by atoms with Crippen molar-refractivity contribution in [3.63, 3.8) is 0 Å². The molecule has 0 spiro atoms. The summed E-state index contributed by atoms with van der Waals surface area (Å²) in [6.45, 7) is 12.3. The van der Waals surface area contributed by atoms with E-state index in [1.807, 2.05) is 31.2 Å². The van der Waals surface area contributed by atoms with Gasteiger partial charge in [0.15, 0.2) is 0 Å². The van der Waals surface area contributed by atoms with E-state index in [-0.39, 0.29) is 11.3 Å². The average Bonchev–Trinajstić information content (AvgIpc) is 2.56. The molecule has 2 atom stereocenters. The van der Waals surface area contributed by atoms with Gasteiger partial charge in [-0.2, -0.15) is 0 Å². The SMILES string of the molecule is CCC(C)(C)C1=CC(C(=O)O)C=C(C)C1(O)c1ccccc1C(C)C. The summed E-state index contributed by atoms with van der Waals surface area (Å²) in [6, 6.07) is 7.93. The number of benzene rings is 1. The Balaban J connectivity index is 2.78. The quantitative estimate of drug-likeness (QED) is 0.739. The van der Waals surface area contributed by atoms with Crippen molar-refractivity contribution in [1.29, 1.82) is 0 Å². The van der Waals surface area contributed by atoms with Gasteiger partial charge in [0, 0.05) is 0 Å². The summed E-state index contributed by atoms with van der Waals surface area (Å²) in [4.78, 5) is 11.6. The predicted octanol–water partition coefficient (Wildman–Crippen LogP) is 5.02. The van der Waals surface area contributed by atoms with Gasteiger partial charge in [-0.05, 0) is 47.0 Å². The van der Waals surface area contributed by atoms with E-state index in [9.17, 15) is 15.0 Å². The van der Waals surface area contributed by atoms with Gasteiger partial charge in [0.25, 0.3) is 0 Å². The standard InChI is InChI=1S/C22H30O3/c1-7-21(5,6)19-13-16(20(23)24)12-15(4)22(19,25)18-11-9-8-10-17(18)14(2)3/h8-14,16,25H,7H2,1-6H3,(H,23,24). The summed E-state index contributed by atoms with van der Waals surface area (Å²) < 4.78 is 0. The number of hydrogen-bond donors (Lipinski definition) is 2. The molecule has 2 N–H and O–H groups in total. The van der Waals surface area contributed by atoms with E-state index in [1.165, 1.54) is 0 Å². The lowest BCUT2D eigenvalue weighted by molar-refractivity contribution is -0.138. The van der Waals surface area contributed by atoms with Crippen molar-refractivity contribution in [1.82, 2.24) is 0 Å². The van der Waals surface area contributed by atoms with E-state index in [0.29, 0.717) is 5.57 Å². The second kappa shape index (κ2) is 6.80. The molecule has 0 amide bonds. The van der Waals surface area contributed by atoms with Crippen LogP contribution in [0.4, 0.5) is 0 Å². The first-order valence-corrected chi connectivity index (χ1v) is 9.02. The largest absolute Gasteiger partial charge is 0.481 e. The lowest BCUT2D eigenvalue weighted by Crippen LogP contribution is -2.41. The van der Waals surface area contributed by atoms with Crippen LogP contribution in [0.2, 0.25) is 0 Å². The number of carboxylic acid groups (broad SMARTS) is 1. The maximum Gasteiger partial charge on any atom is 0.314 e. The van der Waals surface area contributed by atoms with Gasteiger partial charge < -0.3 is 10.2 Å². The lowest BCUT2D eigenvalue weighted by Gasteiger charge is -2.44. The van der Waals surface area contributed by atoms with Crippen molar-refractivity contribution >= 4 is 5.97 Å². The molecule has 136 valence electrons. The predicted molar refractivity (Wildman–Crippen MR) is 101 cm³/mol. The Morgan fingerprint density at radius 2 is 1.84 bits per heavy atom. The van der Waals surface area contributed by atoms with E-state index in [0.717, 1.165) is 23.1 Å². The highest BCUT2D eigenvalue weighted by atomic mass is 16.4. The zero-order valence-corrected chi connectivity index (χ0v) is 16.1. The number of carbonyl (C=O) groups is 1. The van der Waals surface area contributed by atoms with Crippen LogP contribution < -0.4 is 0 Å². The smallest absolute Gasteiger partial charge is 0.314 e. The summed E-state index contributed by atoms with van der Waals surface area (Å²) >= 11 is 0. The van der Waals surface area contributed by atoms with Gasteiger partial charge >= 0.3 is 5.97 Å². The van der Waals surface area contributed by atoms with E-state index in [1.54, 1.807) is 12.2 Å². The van der Waals surface area contributed by atoms with Crippen molar-refractivity contribution in [2.24, 2.45) is 11.3 Å². The Labute approximate surface area is 151 Å². The van der Waals surface area contributed by atoms with Crippen LogP contribution >= 0.6 is 0 Å². The number of carboxylic acids is 1. The zero-order valence-electron chi connectivity index (χ0n) is 16.1. The molecule has 2 rings (SSSR count). The number of aliphatic hydroxyl groups is 1. The third-order valence-electron chi connectivity index (χ3n) is 5.61. The Morgan fingerprint density at radius 3 is 2.36 bits per heavy atom. The Kier molecular flexibility index (Phi) is 5.29. The highest BCUT2D eigenvalue weighted by Crippen LogP contribution is 2.51. The Morgan fingerprint density at radius 1 is 1.24 bits per heavy atom. The molecule has 2 unspecified atom stereocenters. The zero-order chi connectivity index (χ0) is 19.0. The summed E-state index contributed by atoms with van der Waals surface area (Å²) in [5.74, 6) is -1.33. The third-order valence-corrected chi connectivity index (χ3v) is 5.61. The summed E-state index contributed by atoms with van der Waals surface area (Å²) in [5, 5.41) is 21.5. The summed E-state index contributed by atoms with van der Waals surface area (Å²) in [5.41, 5.74) is 1.82. The van der Waals surface area contributed by atoms with Gasteiger partial charge in [-0.3, -0.25) is 4.79 Å². The van der Waals surface area contributed by atoms with Gasteiger partial charge in [-0.15, -0.1) is 0 Å². The van der Waals surface area contributed by atoms with Crippen LogP contribution in [0.3, 0.4) is 0 Å². The maximum absolute atomic E-state index is 11.9. The molecule has 3 nitrogen and oxygen atoms in total. The first-order valence-electron chi connectivity index (χ1n) is 9.02. The third kappa shape index (κ3) is 3.30. The Hall–Kier alpha value is -1.87. The molecule has 1 aromatic rings. The first kappa shape index (κ1) is 19.5. The van der Waals surface area contributed by atoms with E-state index in [4.69, 9.17) is 0 Å². The van der Waals surface area contributed by atoms with Gasteiger partial charge in [0.2, 0.25) is 0 Å². The molecular weight excluding hydrogens is 312 g/mol. The molecule has 0 heterocycles. The van der Waals surface area contributed by atoms with Gasteiger partial charge in [0.05, 0.1) is 5.92 Å². The minimum Gasteiger partial charge on any atom is -0.481 e. The molecule has 0 saturated heterocycles. The molecule has 0 saturated carbocycles.